The number of pyridine rings is 1. The van der Waals surface area contributed by atoms with Crippen molar-refractivity contribution in [1.82, 2.24) is 15.2 Å². The Kier molecular flexibility index (Phi) is 5.49. The Labute approximate surface area is 139 Å². The fraction of sp³-hybridized carbons (Fsp3) is 0.667. The molecular weight excluding hydrogens is 288 g/mol. The van der Waals surface area contributed by atoms with Crippen LogP contribution in [-0.4, -0.2) is 55.6 Å². The molecule has 2 aliphatic rings. The number of hydrogen-bond acceptors (Lipinski definition) is 4. The molecule has 5 heteroatoms. The predicted molar refractivity (Wildman–Crippen MR) is 92.4 cm³/mol. The Morgan fingerprint density at radius 3 is 2.39 bits per heavy atom. The largest absolute Gasteiger partial charge is 0.368 e. The van der Waals surface area contributed by atoms with Crippen molar-refractivity contribution < 1.29 is 4.79 Å². The van der Waals surface area contributed by atoms with E-state index < -0.39 is 0 Å². The normalized spacial score (nSPS) is 25.4. The first-order valence-corrected chi connectivity index (χ1v) is 8.86. The van der Waals surface area contributed by atoms with Crippen LogP contribution in [0.4, 0.5) is 5.69 Å². The van der Waals surface area contributed by atoms with Crippen LogP contribution in [0.3, 0.4) is 0 Å². The predicted octanol–water partition coefficient (Wildman–Crippen LogP) is 1.76. The number of nitrogens with zero attached hydrogens (tertiary/aromatic N) is 3. The minimum absolute atomic E-state index is 0.260. The van der Waals surface area contributed by atoms with Crippen LogP contribution in [0.25, 0.3) is 0 Å². The molecule has 1 amide bonds. The average Bonchev–Trinajstić information content (AvgIpc) is 2.63. The van der Waals surface area contributed by atoms with E-state index in [1.54, 1.807) is 0 Å². The van der Waals surface area contributed by atoms with Gasteiger partial charge in [0.25, 0.3) is 0 Å². The minimum atomic E-state index is 0.260. The number of carbonyl (C=O) groups excluding carboxylic acids is 1. The van der Waals surface area contributed by atoms with Crippen molar-refractivity contribution >= 4 is 11.6 Å². The first kappa shape index (κ1) is 16.2. The van der Waals surface area contributed by atoms with Crippen molar-refractivity contribution in [3.05, 3.63) is 24.5 Å². The van der Waals surface area contributed by atoms with Gasteiger partial charge in [0.1, 0.15) is 0 Å². The quantitative estimate of drug-likeness (QED) is 0.919. The highest BCUT2D eigenvalue weighted by Crippen LogP contribution is 2.30. The Balaban J connectivity index is 1.47. The topological polar surface area (TPSA) is 48.5 Å². The molecule has 0 bridgehead atoms. The van der Waals surface area contributed by atoms with E-state index in [0.717, 1.165) is 51.5 Å². The van der Waals surface area contributed by atoms with Crippen LogP contribution < -0.4 is 10.2 Å². The number of nitrogens with one attached hydrogen (secondary N) is 1. The second-order valence-electron chi connectivity index (χ2n) is 6.79. The molecule has 0 radical (unpaired) electrons. The fourth-order valence-corrected chi connectivity index (χ4v) is 3.90. The van der Waals surface area contributed by atoms with Gasteiger partial charge in [-0.2, -0.15) is 0 Å². The summed E-state index contributed by atoms with van der Waals surface area (Å²) < 4.78 is 0. The van der Waals surface area contributed by atoms with Crippen molar-refractivity contribution in [3.8, 4) is 0 Å². The molecule has 0 atom stereocenters. The van der Waals surface area contributed by atoms with Crippen molar-refractivity contribution in [3.63, 3.8) is 0 Å². The molecule has 1 saturated carbocycles. The first-order chi connectivity index (χ1) is 11.3. The van der Waals surface area contributed by atoms with Gasteiger partial charge in [0.15, 0.2) is 0 Å². The Hall–Kier alpha value is -1.62. The Bertz CT molecular complexity index is 491. The summed E-state index contributed by atoms with van der Waals surface area (Å²) in [7, 11) is 2.01. The highest BCUT2D eigenvalue weighted by molar-refractivity contribution is 5.79. The second-order valence-corrected chi connectivity index (χ2v) is 6.79. The summed E-state index contributed by atoms with van der Waals surface area (Å²) in [5.74, 6) is 1.41. The molecule has 126 valence electrons. The lowest BCUT2D eigenvalue weighted by molar-refractivity contribution is -0.137. The number of aromatic nitrogens is 1. The zero-order valence-electron chi connectivity index (χ0n) is 14.1. The minimum Gasteiger partial charge on any atom is -0.368 e. The molecule has 0 unspecified atom stereocenters. The lowest BCUT2D eigenvalue weighted by Gasteiger charge is -2.38. The Morgan fingerprint density at radius 2 is 1.78 bits per heavy atom. The summed E-state index contributed by atoms with van der Waals surface area (Å²) in [6.07, 6.45) is 8.17. The lowest BCUT2D eigenvalue weighted by atomic mass is 9.81. The van der Waals surface area contributed by atoms with E-state index in [0.29, 0.717) is 5.91 Å². The van der Waals surface area contributed by atoms with Crippen molar-refractivity contribution in [2.45, 2.75) is 25.7 Å². The van der Waals surface area contributed by atoms with E-state index in [1.807, 2.05) is 31.6 Å². The van der Waals surface area contributed by atoms with Crippen LogP contribution >= 0.6 is 0 Å². The number of amides is 1. The monoisotopic (exact) mass is 316 g/mol. The number of piperazine rings is 1. The molecule has 1 saturated heterocycles. The smallest absolute Gasteiger partial charge is 0.225 e. The highest BCUT2D eigenvalue weighted by atomic mass is 16.2. The molecule has 1 aromatic heterocycles. The van der Waals surface area contributed by atoms with Gasteiger partial charge < -0.3 is 15.1 Å². The zero-order chi connectivity index (χ0) is 16.1. The van der Waals surface area contributed by atoms with Gasteiger partial charge in [-0.1, -0.05) is 0 Å². The maximum absolute atomic E-state index is 12.7. The zero-order valence-corrected chi connectivity index (χ0v) is 14.1. The molecule has 1 N–H and O–H groups in total. The third-order valence-corrected chi connectivity index (χ3v) is 5.31. The molecule has 2 heterocycles. The lowest BCUT2D eigenvalue weighted by Crippen LogP contribution is -2.50. The highest BCUT2D eigenvalue weighted by Gasteiger charge is 2.30. The van der Waals surface area contributed by atoms with Gasteiger partial charge in [0.05, 0.1) is 0 Å². The van der Waals surface area contributed by atoms with Crippen LogP contribution in [0.15, 0.2) is 24.5 Å². The summed E-state index contributed by atoms with van der Waals surface area (Å²) in [6.45, 7) is 4.62. The van der Waals surface area contributed by atoms with Crippen molar-refractivity contribution in [2.24, 2.45) is 11.8 Å². The second kappa shape index (κ2) is 7.77. The van der Waals surface area contributed by atoms with Crippen molar-refractivity contribution in [1.29, 1.82) is 0 Å². The summed E-state index contributed by atoms with van der Waals surface area (Å²) in [5, 5.41) is 3.26. The molecule has 5 nitrogen and oxygen atoms in total. The van der Waals surface area contributed by atoms with Gasteiger partial charge in [-0.05, 0) is 57.3 Å². The third-order valence-electron chi connectivity index (χ3n) is 5.31. The molecule has 1 aliphatic heterocycles. The van der Waals surface area contributed by atoms with E-state index in [1.165, 1.54) is 18.5 Å². The molecule has 1 aromatic rings. The Morgan fingerprint density at radius 1 is 1.13 bits per heavy atom. The molecular formula is C18H28N4O. The molecule has 0 spiro atoms. The molecule has 1 aliphatic carbocycles. The van der Waals surface area contributed by atoms with E-state index in [2.05, 4.69) is 20.1 Å². The van der Waals surface area contributed by atoms with Gasteiger partial charge in [-0.3, -0.25) is 9.78 Å². The van der Waals surface area contributed by atoms with Crippen LogP contribution in [0, 0.1) is 11.8 Å². The van der Waals surface area contributed by atoms with Gasteiger partial charge in [0.2, 0.25) is 5.91 Å². The summed E-state index contributed by atoms with van der Waals surface area (Å²) in [4.78, 5) is 21.2. The van der Waals surface area contributed by atoms with Crippen LogP contribution in [0.1, 0.15) is 25.7 Å². The van der Waals surface area contributed by atoms with E-state index >= 15 is 0 Å². The number of rotatable bonds is 4. The van der Waals surface area contributed by atoms with Crippen LogP contribution in [0.5, 0.6) is 0 Å². The fourth-order valence-electron chi connectivity index (χ4n) is 3.90. The molecule has 2 fully saturated rings. The van der Waals surface area contributed by atoms with Crippen molar-refractivity contribution in [2.75, 3.05) is 44.7 Å². The molecule has 0 aromatic carbocycles. The average molecular weight is 316 g/mol. The maximum Gasteiger partial charge on any atom is 0.225 e. The van der Waals surface area contributed by atoms with E-state index in [-0.39, 0.29) is 5.92 Å². The summed E-state index contributed by atoms with van der Waals surface area (Å²) in [5.41, 5.74) is 1.21. The molecule has 3 rings (SSSR count). The van der Waals surface area contributed by atoms with Gasteiger partial charge in [-0.25, -0.2) is 0 Å². The standard InChI is InChI=1S/C18H28N4O/c1-19-14-15-2-4-16(5-3-15)18(23)22-12-10-21(11-13-22)17-6-8-20-9-7-17/h6-9,15-16,19H,2-5,10-14H2,1H3. The SMILES string of the molecule is CNCC1CCC(C(=O)N2CCN(c3ccncc3)CC2)CC1. The van der Waals surface area contributed by atoms with E-state index in [9.17, 15) is 4.79 Å². The number of hydrogen-bond donors (Lipinski definition) is 1. The third kappa shape index (κ3) is 4.02. The summed E-state index contributed by atoms with van der Waals surface area (Å²) in [6, 6.07) is 4.08. The van der Waals surface area contributed by atoms with Crippen LogP contribution in [0.2, 0.25) is 0 Å². The van der Waals surface area contributed by atoms with Crippen LogP contribution in [-0.2, 0) is 4.79 Å². The first-order valence-electron chi connectivity index (χ1n) is 8.86. The van der Waals surface area contributed by atoms with E-state index in [4.69, 9.17) is 0 Å². The molecule has 23 heavy (non-hydrogen) atoms. The van der Waals surface area contributed by atoms with Gasteiger partial charge in [-0.15, -0.1) is 0 Å². The maximum atomic E-state index is 12.7. The number of carbonyl (C=O) groups is 1. The van der Waals surface area contributed by atoms with Gasteiger partial charge in [0, 0.05) is 50.2 Å². The number of anilines is 1. The summed E-state index contributed by atoms with van der Waals surface area (Å²) >= 11 is 0. The van der Waals surface area contributed by atoms with Gasteiger partial charge >= 0.3 is 0 Å².